The summed E-state index contributed by atoms with van der Waals surface area (Å²) in [4.78, 5) is 0. The lowest BCUT2D eigenvalue weighted by Crippen LogP contribution is -2.13. The molecule has 0 saturated heterocycles. The van der Waals surface area contributed by atoms with Crippen molar-refractivity contribution in [2.45, 2.75) is 58.3 Å². The molecule has 4 aromatic carbocycles. The van der Waals surface area contributed by atoms with Crippen LogP contribution in [0.3, 0.4) is 0 Å². The van der Waals surface area contributed by atoms with Gasteiger partial charge < -0.3 is 9.15 Å². The van der Waals surface area contributed by atoms with Gasteiger partial charge in [-0.15, -0.1) is 0 Å². The lowest BCUT2D eigenvalue weighted by molar-refractivity contribution is 0.308. The van der Waals surface area contributed by atoms with Crippen molar-refractivity contribution >= 4 is 21.9 Å². The Kier molecular flexibility index (Phi) is 7.88. The van der Waals surface area contributed by atoms with E-state index in [4.69, 9.17) is 9.15 Å². The predicted octanol–water partition coefficient (Wildman–Crippen LogP) is 11.2. The molecule has 224 valence electrons. The number of hydrogen-bond acceptors (Lipinski definition) is 2. The number of benzene rings is 4. The van der Waals surface area contributed by atoms with Gasteiger partial charge in [0.25, 0.3) is 0 Å². The molecule has 1 aliphatic carbocycles. The van der Waals surface area contributed by atoms with Gasteiger partial charge >= 0.3 is 0 Å². The first-order valence-electron chi connectivity index (χ1n) is 14.7. The van der Waals surface area contributed by atoms with Gasteiger partial charge in [-0.3, -0.25) is 0 Å². The van der Waals surface area contributed by atoms with Gasteiger partial charge in [-0.05, 0) is 79.8 Å². The van der Waals surface area contributed by atoms with Crippen LogP contribution in [0.25, 0.3) is 44.2 Å². The van der Waals surface area contributed by atoms with Gasteiger partial charge in [-0.25, -0.2) is 22.0 Å². The van der Waals surface area contributed by atoms with Crippen molar-refractivity contribution in [1.82, 2.24) is 0 Å². The summed E-state index contributed by atoms with van der Waals surface area (Å²) in [6, 6.07) is 11.6. The Morgan fingerprint density at radius 2 is 1.23 bits per heavy atom. The summed E-state index contributed by atoms with van der Waals surface area (Å²) >= 11 is 0. The predicted molar refractivity (Wildman–Crippen MR) is 155 cm³/mol. The number of rotatable bonds is 7. The molecule has 6 rings (SSSR count). The Balaban J connectivity index is 1.39. The fourth-order valence-corrected chi connectivity index (χ4v) is 6.49. The summed E-state index contributed by atoms with van der Waals surface area (Å²) in [5, 5.41) is -1.20. The molecule has 2 nitrogen and oxygen atoms in total. The standard InChI is InChI=1S/C35H30F6O2/c1-3-5-18-6-8-19(9-7-18)20-10-12-21(13-11-20)23-16-26-28(34(40)31(23)37)29-27(43-26)17-24(32(38)35(29)41)22-14-15-25(42-4-2)33(39)30(22)36/h10-19H,3-9H2,1-2H3. The van der Waals surface area contributed by atoms with Gasteiger partial charge in [0.2, 0.25) is 5.82 Å². The van der Waals surface area contributed by atoms with E-state index >= 15 is 17.6 Å². The number of hydrogen-bond donors (Lipinski definition) is 0. The van der Waals surface area contributed by atoms with Crippen molar-refractivity contribution in [3.63, 3.8) is 0 Å². The van der Waals surface area contributed by atoms with Gasteiger partial charge in [-0.2, -0.15) is 4.39 Å². The molecule has 0 radical (unpaired) electrons. The maximum Gasteiger partial charge on any atom is 0.201 e. The minimum absolute atomic E-state index is 0.0674. The quantitative estimate of drug-likeness (QED) is 0.174. The van der Waals surface area contributed by atoms with Crippen molar-refractivity contribution < 1.29 is 35.5 Å². The molecule has 1 fully saturated rings. The van der Waals surface area contributed by atoms with Crippen molar-refractivity contribution in [2.24, 2.45) is 5.92 Å². The van der Waals surface area contributed by atoms with E-state index in [-0.39, 0.29) is 29.1 Å². The first-order valence-corrected chi connectivity index (χ1v) is 14.7. The van der Waals surface area contributed by atoms with Crippen molar-refractivity contribution in [3.05, 3.63) is 89.0 Å². The van der Waals surface area contributed by atoms with E-state index < -0.39 is 56.8 Å². The molecule has 0 bridgehead atoms. The van der Waals surface area contributed by atoms with Crippen molar-refractivity contribution in [1.29, 1.82) is 0 Å². The maximum absolute atomic E-state index is 15.5. The summed E-state index contributed by atoms with van der Waals surface area (Å²) < 4.78 is 102. The molecule has 0 spiro atoms. The molecule has 0 amide bonds. The first-order chi connectivity index (χ1) is 20.7. The Bertz CT molecular complexity index is 1820. The van der Waals surface area contributed by atoms with E-state index in [9.17, 15) is 8.78 Å². The average Bonchev–Trinajstić information content (AvgIpc) is 3.39. The van der Waals surface area contributed by atoms with Gasteiger partial charge in [-0.1, -0.05) is 44.0 Å². The molecule has 0 unspecified atom stereocenters. The van der Waals surface area contributed by atoms with Gasteiger partial charge in [0.1, 0.15) is 11.2 Å². The second kappa shape index (κ2) is 11.6. The zero-order valence-electron chi connectivity index (χ0n) is 23.8. The summed E-state index contributed by atoms with van der Waals surface area (Å²) in [6.45, 7) is 3.85. The van der Waals surface area contributed by atoms with Gasteiger partial charge in [0, 0.05) is 16.7 Å². The van der Waals surface area contributed by atoms with Crippen LogP contribution in [0.4, 0.5) is 26.3 Å². The lowest BCUT2D eigenvalue weighted by Gasteiger charge is -2.28. The minimum Gasteiger partial charge on any atom is -0.491 e. The van der Waals surface area contributed by atoms with Crippen LogP contribution in [0.2, 0.25) is 0 Å². The Morgan fingerprint density at radius 1 is 0.651 bits per heavy atom. The zero-order chi connectivity index (χ0) is 30.4. The highest BCUT2D eigenvalue weighted by Gasteiger charge is 2.28. The molecule has 43 heavy (non-hydrogen) atoms. The van der Waals surface area contributed by atoms with E-state index in [0.29, 0.717) is 11.5 Å². The topological polar surface area (TPSA) is 22.4 Å². The van der Waals surface area contributed by atoms with Crippen LogP contribution in [0.5, 0.6) is 5.75 Å². The smallest absolute Gasteiger partial charge is 0.201 e. The number of halogens is 6. The van der Waals surface area contributed by atoms with Gasteiger partial charge in [0.15, 0.2) is 34.8 Å². The van der Waals surface area contributed by atoms with Crippen LogP contribution in [0.1, 0.15) is 63.9 Å². The summed E-state index contributed by atoms with van der Waals surface area (Å²) in [7, 11) is 0. The molecular formula is C35H30F6O2. The third-order valence-corrected chi connectivity index (χ3v) is 8.68. The van der Waals surface area contributed by atoms with Crippen LogP contribution >= 0.6 is 0 Å². The van der Waals surface area contributed by atoms with Crippen molar-refractivity contribution in [2.75, 3.05) is 6.61 Å². The summed E-state index contributed by atoms with van der Waals surface area (Å²) in [5.41, 5.74) is -0.315. The molecule has 1 heterocycles. The molecular weight excluding hydrogens is 566 g/mol. The van der Waals surface area contributed by atoms with Crippen LogP contribution in [0.15, 0.2) is 52.9 Å². The third-order valence-electron chi connectivity index (χ3n) is 8.68. The number of fused-ring (bicyclic) bond motifs is 3. The molecule has 0 atom stereocenters. The van der Waals surface area contributed by atoms with Crippen LogP contribution in [0, 0.1) is 40.8 Å². The largest absolute Gasteiger partial charge is 0.491 e. The highest BCUT2D eigenvalue weighted by Crippen LogP contribution is 2.43. The molecule has 1 saturated carbocycles. The highest BCUT2D eigenvalue weighted by atomic mass is 19.2. The zero-order valence-corrected chi connectivity index (χ0v) is 23.8. The summed E-state index contributed by atoms with van der Waals surface area (Å²) in [5.74, 6) is -7.75. The Morgan fingerprint density at radius 3 is 1.84 bits per heavy atom. The molecule has 1 aliphatic rings. The van der Waals surface area contributed by atoms with Crippen LogP contribution in [-0.4, -0.2) is 6.61 Å². The molecule has 1 aromatic heterocycles. The normalized spacial score (nSPS) is 17.2. The monoisotopic (exact) mass is 596 g/mol. The van der Waals surface area contributed by atoms with Gasteiger partial charge in [0.05, 0.1) is 17.4 Å². The minimum atomic E-state index is -1.57. The maximum atomic E-state index is 15.5. The average molecular weight is 597 g/mol. The molecule has 8 heteroatoms. The molecule has 0 aliphatic heterocycles. The van der Waals surface area contributed by atoms with E-state index in [2.05, 4.69) is 6.92 Å². The van der Waals surface area contributed by atoms with E-state index in [0.717, 1.165) is 42.5 Å². The van der Waals surface area contributed by atoms with E-state index in [1.807, 2.05) is 12.1 Å². The second-order valence-corrected chi connectivity index (χ2v) is 11.3. The Labute approximate surface area is 245 Å². The first kappa shape index (κ1) is 29.1. The van der Waals surface area contributed by atoms with Crippen molar-refractivity contribution in [3.8, 4) is 28.0 Å². The molecule has 0 N–H and O–H groups in total. The fourth-order valence-electron chi connectivity index (χ4n) is 6.49. The van der Waals surface area contributed by atoms with Crippen LogP contribution in [-0.2, 0) is 0 Å². The lowest BCUT2D eigenvalue weighted by atomic mass is 9.77. The summed E-state index contributed by atoms with van der Waals surface area (Å²) in [6.07, 6.45) is 6.98. The highest BCUT2D eigenvalue weighted by molar-refractivity contribution is 6.08. The molecule has 5 aromatic rings. The van der Waals surface area contributed by atoms with Crippen LogP contribution < -0.4 is 4.74 Å². The van der Waals surface area contributed by atoms with E-state index in [1.54, 1.807) is 19.1 Å². The van der Waals surface area contributed by atoms with E-state index in [1.165, 1.54) is 31.7 Å². The Hall–Kier alpha value is -3.94. The third kappa shape index (κ3) is 5.04. The second-order valence-electron chi connectivity index (χ2n) is 11.3. The fraction of sp³-hybridized carbons (Fsp3) is 0.314. The number of ether oxygens (including phenoxy) is 1. The number of furan rings is 1. The SMILES string of the molecule is CCCC1CCC(c2ccc(-c3cc4oc5cc(-c6ccc(OCC)c(F)c6F)c(F)c(F)c5c4c(F)c3F)cc2)CC1.